The monoisotopic (exact) mass is 431 g/mol. The third-order valence-electron chi connectivity index (χ3n) is 4.61. The Hall–Kier alpha value is -3.40. The number of methoxy groups -OCH3 is 1. The van der Waals surface area contributed by atoms with Gasteiger partial charge in [-0.15, -0.1) is 5.10 Å². The highest BCUT2D eigenvalue weighted by Gasteiger charge is 2.23. The first-order valence-corrected chi connectivity index (χ1v) is 10.9. The first kappa shape index (κ1) is 21.3. The van der Waals surface area contributed by atoms with Crippen molar-refractivity contribution >= 4 is 15.8 Å². The van der Waals surface area contributed by atoms with Crippen molar-refractivity contribution in [2.75, 3.05) is 13.4 Å². The number of sulfone groups is 1. The summed E-state index contributed by atoms with van der Waals surface area (Å²) in [7, 11) is -2.24. The van der Waals surface area contributed by atoms with Crippen LogP contribution in [0.4, 0.5) is 0 Å². The average Bonchev–Trinajstić information content (AvgIpc) is 3.10. The van der Waals surface area contributed by atoms with Crippen LogP contribution < -0.4 is 0 Å². The molecule has 3 rings (SSSR count). The van der Waals surface area contributed by atoms with Crippen LogP contribution in [0.1, 0.15) is 12.5 Å². The number of carbonyl (C=O) groups is 1. The van der Waals surface area contributed by atoms with Crippen LogP contribution in [-0.4, -0.2) is 53.0 Å². The number of phenols is 2. The van der Waals surface area contributed by atoms with Gasteiger partial charge in [-0.2, -0.15) is 0 Å². The van der Waals surface area contributed by atoms with E-state index < -0.39 is 15.8 Å². The van der Waals surface area contributed by atoms with E-state index in [2.05, 4.69) is 10.3 Å². The van der Waals surface area contributed by atoms with E-state index in [9.17, 15) is 23.4 Å². The number of nitrogens with zero attached hydrogens (tertiary/aromatic N) is 3. The highest BCUT2D eigenvalue weighted by atomic mass is 32.2. The number of aromatic nitrogens is 3. The largest absolute Gasteiger partial charge is 0.508 e. The van der Waals surface area contributed by atoms with Gasteiger partial charge in [0.25, 0.3) is 0 Å². The molecule has 158 valence electrons. The molecule has 3 aromatic rings. The smallest absolute Gasteiger partial charge is 0.327 e. The van der Waals surface area contributed by atoms with E-state index in [1.807, 2.05) is 6.92 Å². The highest BCUT2D eigenvalue weighted by Crippen LogP contribution is 2.39. The van der Waals surface area contributed by atoms with Gasteiger partial charge < -0.3 is 14.9 Å². The summed E-state index contributed by atoms with van der Waals surface area (Å²) >= 11 is 0. The molecular formula is C20H21N3O6S. The van der Waals surface area contributed by atoms with E-state index >= 15 is 0 Å². The molecule has 0 aliphatic rings. The van der Waals surface area contributed by atoms with E-state index in [4.69, 9.17) is 4.74 Å². The molecular weight excluding hydrogens is 410 g/mol. The number of ether oxygens (including phenoxy) is 1. The molecule has 1 heterocycles. The minimum Gasteiger partial charge on any atom is -0.508 e. The minimum atomic E-state index is -3.48. The number of hydrogen-bond acceptors (Lipinski definition) is 8. The number of esters is 1. The van der Waals surface area contributed by atoms with Gasteiger partial charge in [-0.1, -0.05) is 24.3 Å². The van der Waals surface area contributed by atoms with Gasteiger partial charge in [-0.05, 0) is 30.2 Å². The van der Waals surface area contributed by atoms with Crippen molar-refractivity contribution < 1.29 is 28.2 Å². The normalized spacial score (nSPS) is 11.4. The van der Waals surface area contributed by atoms with E-state index in [0.29, 0.717) is 28.8 Å². The van der Waals surface area contributed by atoms with Crippen molar-refractivity contribution in [3.8, 4) is 34.0 Å². The lowest BCUT2D eigenvalue weighted by Gasteiger charge is -2.11. The third kappa shape index (κ3) is 4.13. The predicted octanol–water partition coefficient (Wildman–Crippen LogP) is 2.16. The molecule has 0 unspecified atom stereocenters. The van der Waals surface area contributed by atoms with Crippen LogP contribution in [0.3, 0.4) is 0 Å². The zero-order valence-electron chi connectivity index (χ0n) is 16.7. The summed E-state index contributed by atoms with van der Waals surface area (Å²) in [4.78, 5) is 11.9. The lowest BCUT2D eigenvalue weighted by atomic mass is 10.00. The van der Waals surface area contributed by atoms with Gasteiger partial charge >= 0.3 is 5.97 Å². The molecule has 2 aromatic carbocycles. The Morgan fingerprint density at radius 3 is 2.53 bits per heavy atom. The second kappa shape index (κ2) is 8.15. The Morgan fingerprint density at radius 1 is 1.17 bits per heavy atom. The van der Waals surface area contributed by atoms with E-state index in [-0.39, 0.29) is 28.6 Å². The highest BCUT2D eigenvalue weighted by molar-refractivity contribution is 7.90. The van der Waals surface area contributed by atoms with Gasteiger partial charge in [-0.25, -0.2) is 13.1 Å². The van der Waals surface area contributed by atoms with Crippen molar-refractivity contribution in [3.63, 3.8) is 0 Å². The Bertz CT molecular complexity index is 1220. The first-order valence-electron chi connectivity index (χ1n) is 9.01. The summed E-state index contributed by atoms with van der Waals surface area (Å²) in [5, 5.41) is 28.6. The summed E-state index contributed by atoms with van der Waals surface area (Å²) in [6.45, 7) is 1.59. The van der Waals surface area contributed by atoms with Gasteiger partial charge in [0.1, 0.15) is 23.7 Å². The molecule has 0 spiro atoms. The summed E-state index contributed by atoms with van der Waals surface area (Å²) < 4.78 is 30.0. The van der Waals surface area contributed by atoms with Crippen LogP contribution in [0.25, 0.3) is 22.5 Å². The molecule has 0 fully saturated rings. The molecule has 0 atom stereocenters. The standard InChI is InChI=1S/C20H21N3O6S/c1-4-12-9-15(17(25)10-16(12)24)19-20(23(22-21-19)11-18(26)29-2)13-6-5-7-14(8-13)30(3,27)28/h5-10,24-25H,4,11H2,1-3H3. The van der Waals surface area contributed by atoms with Crippen LogP contribution in [0.15, 0.2) is 41.3 Å². The maximum absolute atomic E-state index is 12.0. The van der Waals surface area contributed by atoms with E-state index in [1.165, 1.54) is 30.0 Å². The van der Waals surface area contributed by atoms with Crippen LogP contribution in [0.2, 0.25) is 0 Å². The Labute approximate surface area is 173 Å². The first-order chi connectivity index (χ1) is 14.2. The molecule has 0 amide bonds. The van der Waals surface area contributed by atoms with E-state index in [0.717, 1.165) is 6.26 Å². The molecule has 1 aromatic heterocycles. The van der Waals surface area contributed by atoms with Gasteiger partial charge in [0, 0.05) is 23.4 Å². The van der Waals surface area contributed by atoms with Crippen molar-refractivity contribution in [1.29, 1.82) is 0 Å². The van der Waals surface area contributed by atoms with Crippen molar-refractivity contribution in [1.82, 2.24) is 15.0 Å². The second-order valence-electron chi connectivity index (χ2n) is 6.67. The van der Waals surface area contributed by atoms with Gasteiger partial charge in [0.15, 0.2) is 9.84 Å². The SMILES string of the molecule is CCc1cc(-c2nnn(CC(=O)OC)c2-c2cccc(S(C)(=O)=O)c2)c(O)cc1O. The fraction of sp³-hybridized carbons (Fsp3) is 0.250. The topological polar surface area (TPSA) is 132 Å². The molecule has 0 bridgehead atoms. The molecule has 30 heavy (non-hydrogen) atoms. The third-order valence-corrected chi connectivity index (χ3v) is 5.72. The summed E-state index contributed by atoms with van der Waals surface area (Å²) in [5.74, 6) is -0.854. The Balaban J connectivity index is 2.28. The van der Waals surface area contributed by atoms with Gasteiger partial charge in [0.2, 0.25) is 0 Å². The lowest BCUT2D eigenvalue weighted by Crippen LogP contribution is -2.14. The van der Waals surface area contributed by atoms with Gasteiger partial charge in [0.05, 0.1) is 17.7 Å². The average molecular weight is 431 g/mol. The molecule has 0 radical (unpaired) electrons. The molecule has 9 nitrogen and oxygen atoms in total. The fourth-order valence-corrected chi connectivity index (χ4v) is 3.71. The second-order valence-corrected chi connectivity index (χ2v) is 8.69. The minimum absolute atomic E-state index is 0.0543. The summed E-state index contributed by atoms with van der Waals surface area (Å²) in [5.41, 5.74) is 1.87. The summed E-state index contributed by atoms with van der Waals surface area (Å²) in [6.07, 6.45) is 1.60. The molecule has 2 N–H and O–H groups in total. The lowest BCUT2D eigenvalue weighted by molar-refractivity contribution is -0.141. The number of hydrogen-bond donors (Lipinski definition) is 2. The number of benzene rings is 2. The van der Waals surface area contributed by atoms with Crippen LogP contribution in [0, 0.1) is 0 Å². The Kier molecular flexibility index (Phi) is 5.79. The molecule has 0 aliphatic carbocycles. The van der Waals surface area contributed by atoms with Crippen LogP contribution in [0.5, 0.6) is 11.5 Å². The number of aromatic hydroxyl groups is 2. The van der Waals surface area contributed by atoms with Gasteiger partial charge in [-0.3, -0.25) is 4.79 Å². The molecule has 0 saturated heterocycles. The van der Waals surface area contributed by atoms with Crippen molar-refractivity contribution in [2.24, 2.45) is 0 Å². The predicted molar refractivity (Wildman–Crippen MR) is 109 cm³/mol. The van der Waals surface area contributed by atoms with Crippen molar-refractivity contribution in [3.05, 3.63) is 42.0 Å². The number of carbonyl (C=O) groups excluding carboxylic acids is 1. The zero-order chi connectivity index (χ0) is 22.1. The maximum Gasteiger partial charge on any atom is 0.327 e. The number of phenolic OH excluding ortho intramolecular Hbond substituents is 2. The van der Waals surface area contributed by atoms with Crippen LogP contribution >= 0.6 is 0 Å². The van der Waals surface area contributed by atoms with E-state index in [1.54, 1.807) is 18.2 Å². The number of rotatable bonds is 6. The fourth-order valence-electron chi connectivity index (χ4n) is 3.05. The number of aryl methyl sites for hydroxylation is 1. The molecule has 0 saturated carbocycles. The zero-order valence-corrected chi connectivity index (χ0v) is 17.5. The summed E-state index contributed by atoms with van der Waals surface area (Å²) in [6, 6.07) is 8.93. The Morgan fingerprint density at radius 2 is 1.90 bits per heavy atom. The quantitative estimate of drug-likeness (QED) is 0.568. The van der Waals surface area contributed by atoms with Crippen LogP contribution in [-0.2, 0) is 32.3 Å². The van der Waals surface area contributed by atoms with Crippen molar-refractivity contribution in [2.45, 2.75) is 24.8 Å². The molecule has 10 heteroatoms. The molecule has 0 aliphatic heterocycles. The maximum atomic E-state index is 12.0.